The van der Waals surface area contributed by atoms with E-state index in [1.54, 1.807) is 0 Å². The molecule has 6 heteroatoms. The number of azide groups is 2. The van der Waals surface area contributed by atoms with E-state index in [0.29, 0.717) is 0 Å². The molecule has 2 rings (SSSR count). The van der Waals surface area contributed by atoms with Crippen LogP contribution < -0.4 is 0 Å². The van der Waals surface area contributed by atoms with Crippen LogP contribution in [0, 0.1) is 0 Å². The van der Waals surface area contributed by atoms with Gasteiger partial charge in [-0.3, -0.25) is 0 Å². The minimum atomic E-state index is -0.462. The van der Waals surface area contributed by atoms with Crippen molar-refractivity contribution in [2.75, 3.05) is 6.54 Å². The number of rotatable bonds is 4. The standard InChI is InChI=1S/C12H10N6/c13-17-15-8-12(16-18-14)11-6-5-9-3-1-2-4-10(9)7-11/h1-7,12H,8H2. The van der Waals surface area contributed by atoms with E-state index in [1.807, 2.05) is 42.5 Å². The molecule has 0 N–H and O–H groups in total. The average Bonchev–Trinajstić information content (AvgIpc) is 2.43. The fraction of sp³-hybridized carbons (Fsp3) is 0.167. The zero-order valence-corrected chi connectivity index (χ0v) is 9.51. The van der Waals surface area contributed by atoms with Crippen molar-refractivity contribution in [2.45, 2.75) is 6.04 Å². The normalized spacial score (nSPS) is 11.3. The molecule has 0 saturated carbocycles. The van der Waals surface area contributed by atoms with Crippen molar-refractivity contribution in [1.29, 1.82) is 0 Å². The largest absolute Gasteiger partial charge is 0.0932 e. The molecular weight excluding hydrogens is 228 g/mol. The van der Waals surface area contributed by atoms with Crippen LogP contribution >= 0.6 is 0 Å². The molecule has 0 aliphatic heterocycles. The van der Waals surface area contributed by atoms with Crippen molar-refractivity contribution in [1.82, 2.24) is 0 Å². The number of hydrogen-bond acceptors (Lipinski definition) is 2. The fourth-order valence-corrected chi connectivity index (χ4v) is 1.80. The van der Waals surface area contributed by atoms with Gasteiger partial charge in [-0.2, -0.15) is 0 Å². The highest BCUT2D eigenvalue weighted by Crippen LogP contribution is 2.23. The Morgan fingerprint density at radius 3 is 2.50 bits per heavy atom. The third-order valence-corrected chi connectivity index (χ3v) is 2.67. The predicted octanol–water partition coefficient (Wildman–Crippen LogP) is 4.50. The van der Waals surface area contributed by atoms with Crippen LogP contribution in [0.4, 0.5) is 0 Å². The van der Waals surface area contributed by atoms with E-state index in [1.165, 1.54) is 0 Å². The van der Waals surface area contributed by atoms with Crippen LogP contribution in [0.1, 0.15) is 11.6 Å². The van der Waals surface area contributed by atoms with Crippen molar-refractivity contribution in [3.63, 3.8) is 0 Å². The van der Waals surface area contributed by atoms with Crippen molar-refractivity contribution in [2.24, 2.45) is 10.2 Å². The summed E-state index contributed by atoms with van der Waals surface area (Å²) in [6.07, 6.45) is 0. The van der Waals surface area contributed by atoms with E-state index in [9.17, 15) is 0 Å². The summed E-state index contributed by atoms with van der Waals surface area (Å²) in [6, 6.07) is 13.2. The average molecular weight is 238 g/mol. The monoisotopic (exact) mass is 238 g/mol. The summed E-state index contributed by atoms with van der Waals surface area (Å²) in [4.78, 5) is 5.47. The lowest BCUT2D eigenvalue weighted by Gasteiger charge is -2.09. The van der Waals surface area contributed by atoms with Crippen molar-refractivity contribution < 1.29 is 0 Å². The summed E-state index contributed by atoms with van der Waals surface area (Å²) in [5.74, 6) is 0. The first-order chi connectivity index (χ1) is 8.85. The van der Waals surface area contributed by atoms with Crippen molar-refractivity contribution in [3.05, 3.63) is 68.9 Å². The van der Waals surface area contributed by atoms with E-state index >= 15 is 0 Å². The van der Waals surface area contributed by atoms with Gasteiger partial charge in [0.1, 0.15) is 0 Å². The zero-order valence-electron chi connectivity index (χ0n) is 9.51. The summed E-state index contributed by atoms with van der Waals surface area (Å²) < 4.78 is 0. The molecule has 0 heterocycles. The Hall–Kier alpha value is -2.68. The Morgan fingerprint density at radius 2 is 1.78 bits per heavy atom. The first-order valence-corrected chi connectivity index (χ1v) is 5.39. The highest BCUT2D eigenvalue weighted by atomic mass is 15.2. The van der Waals surface area contributed by atoms with Crippen LogP contribution in [-0.4, -0.2) is 6.54 Å². The molecule has 2 aromatic carbocycles. The minimum Gasteiger partial charge on any atom is -0.0932 e. The summed E-state index contributed by atoms with van der Waals surface area (Å²) in [5.41, 5.74) is 17.7. The maximum atomic E-state index is 8.53. The molecule has 0 amide bonds. The van der Waals surface area contributed by atoms with Gasteiger partial charge in [0, 0.05) is 16.4 Å². The van der Waals surface area contributed by atoms with Gasteiger partial charge in [-0.05, 0) is 27.4 Å². The third-order valence-electron chi connectivity index (χ3n) is 2.67. The lowest BCUT2D eigenvalue weighted by Crippen LogP contribution is -1.98. The number of hydrogen-bond donors (Lipinski definition) is 0. The maximum Gasteiger partial charge on any atom is 0.0681 e. The van der Waals surface area contributed by atoms with Gasteiger partial charge in [-0.25, -0.2) is 0 Å². The smallest absolute Gasteiger partial charge is 0.0681 e. The molecule has 1 unspecified atom stereocenters. The van der Waals surface area contributed by atoms with E-state index in [-0.39, 0.29) is 6.54 Å². The maximum absolute atomic E-state index is 8.53. The van der Waals surface area contributed by atoms with Gasteiger partial charge < -0.3 is 0 Å². The molecule has 1 atom stereocenters. The van der Waals surface area contributed by atoms with E-state index in [2.05, 4.69) is 20.1 Å². The second-order valence-electron chi connectivity index (χ2n) is 3.74. The van der Waals surface area contributed by atoms with Crippen LogP contribution in [0.25, 0.3) is 31.7 Å². The van der Waals surface area contributed by atoms with Crippen LogP contribution in [0.5, 0.6) is 0 Å². The molecular formula is C12H10N6. The van der Waals surface area contributed by atoms with Gasteiger partial charge in [0.2, 0.25) is 0 Å². The number of benzene rings is 2. The first kappa shape index (κ1) is 11.8. The summed E-state index contributed by atoms with van der Waals surface area (Å²) >= 11 is 0. The summed E-state index contributed by atoms with van der Waals surface area (Å²) in [6.45, 7) is 0.124. The highest BCUT2D eigenvalue weighted by molar-refractivity contribution is 5.83. The zero-order chi connectivity index (χ0) is 12.8. The van der Waals surface area contributed by atoms with Gasteiger partial charge in [0.25, 0.3) is 0 Å². The molecule has 0 spiro atoms. The molecule has 6 nitrogen and oxygen atoms in total. The van der Waals surface area contributed by atoms with Crippen molar-refractivity contribution >= 4 is 10.8 Å². The van der Waals surface area contributed by atoms with Crippen molar-refractivity contribution in [3.8, 4) is 0 Å². The Kier molecular flexibility index (Phi) is 3.66. The molecule has 88 valence electrons. The molecule has 0 aromatic heterocycles. The Labute approximate surface area is 103 Å². The predicted molar refractivity (Wildman–Crippen MR) is 69.8 cm³/mol. The highest BCUT2D eigenvalue weighted by Gasteiger charge is 2.08. The molecule has 2 aromatic rings. The van der Waals surface area contributed by atoms with Gasteiger partial charge >= 0.3 is 0 Å². The summed E-state index contributed by atoms with van der Waals surface area (Å²) in [5, 5.41) is 9.30. The number of nitrogens with zero attached hydrogens (tertiary/aromatic N) is 6. The lowest BCUT2D eigenvalue weighted by atomic mass is 10.0. The Bertz CT molecular complexity index is 652. The lowest BCUT2D eigenvalue weighted by molar-refractivity contribution is 0.728. The first-order valence-electron chi connectivity index (χ1n) is 5.39. The van der Waals surface area contributed by atoms with Crippen LogP contribution in [-0.2, 0) is 0 Å². The quantitative estimate of drug-likeness (QED) is 0.425. The van der Waals surface area contributed by atoms with E-state index in [0.717, 1.165) is 16.3 Å². The van der Waals surface area contributed by atoms with Gasteiger partial charge in [0.05, 0.1) is 6.04 Å². The summed E-state index contributed by atoms with van der Waals surface area (Å²) in [7, 11) is 0. The van der Waals surface area contributed by atoms with Crippen LogP contribution in [0.15, 0.2) is 52.7 Å². The topological polar surface area (TPSA) is 97.5 Å². The van der Waals surface area contributed by atoms with E-state index < -0.39 is 6.04 Å². The van der Waals surface area contributed by atoms with Gasteiger partial charge in [-0.15, -0.1) is 0 Å². The molecule has 0 fully saturated rings. The molecule has 0 bridgehead atoms. The second-order valence-corrected chi connectivity index (χ2v) is 3.74. The SMILES string of the molecule is [N-]=[N+]=NCC(N=[N+]=[N-])c1ccc2ccccc2c1. The van der Waals surface area contributed by atoms with Gasteiger partial charge in [0.15, 0.2) is 0 Å². The van der Waals surface area contributed by atoms with Crippen LogP contribution in [0.3, 0.4) is 0 Å². The Morgan fingerprint density at radius 1 is 1.00 bits per heavy atom. The van der Waals surface area contributed by atoms with E-state index in [4.69, 9.17) is 11.1 Å². The third kappa shape index (κ3) is 2.52. The number of fused-ring (bicyclic) bond motifs is 1. The van der Waals surface area contributed by atoms with Crippen LogP contribution in [0.2, 0.25) is 0 Å². The molecule has 18 heavy (non-hydrogen) atoms. The van der Waals surface area contributed by atoms with Gasteiger partial charge in [-0.1, -0.05) is 52.7 Å². The molecule has 0 aliphatic rings. The fourth-order valence-electron chi connectivity index (χ4n) is 1.80. The molecule has 0 saturated heterocycles. The molecule has 0 radical (unpaired) electrons. The molecule has 0 aliphatic carbocycles. The minimum absolute atomic E-state index is 0.124. The Balaban J connectivity index is 2.43. The second kappa shape index (κ2) is 5.59.